The van der Waals surface area contributed by atoms with E-state index in [4.69, 9.17) is 5.73 Å². The Hall–Kier alpha value is -1.58. The summed E-state index contributed by atoms with van der Waals surface area (Å²) in [5.74, 6) is 0. The smallest absolute Gasteiger partial charge is 0.315 e. The van der Waals surface area contributed by atoms with Gasteiger partial charge < -0.3 is 10.6 Å². The number of carbonyl (C=O) groups excluding carboxylic acids is 1. The number of primary amides is 1. The zero-order chi connectivity index (χ0) is 10.7. The molecule has 2 N–H and O–H groups in total. The van der Waals surface area contributed by atoms with E-state index < -0.39 is 0 Å². The highest BCUT2D eigenvalue weighted by Gasteiger charge is 2.26. The number of rotatable bonds is 1. The van der Waals surface area contributed by atoms with E-state index >= 15 is 0 Å². The summed E-state index contributed by atoms with van der Waals surface area (Å²) in [5, 5.41) is 0. The summed E-state index contributed by atoms with van der Waals surface area (Å²) in [5.41, 5.74) is 6.44. The number of hydrogen-bond donors (Lipinski definition) is 1. The van der Waals surface area contributed by atoms with E-state index in [-0.39, 0.29) is 12.1 Å². The molecule has 0 bridgehead atoms. The maximum Gasteiger partial charge on any atom is 0.315 e. The first kappa shape index (κ1) is 9.96. The highest BCUT2D eigenvalue weighted by Crippen LogP contribution is 2.29. The third kappa shape index (κ3) is 2.09. The highest BCUT2D eigenvalue weighted by molar-refractivity contribution is 5.72. The fraction of sp³-hybridized carbons (Fsp3) is 0.455. The molecule has 1 aromatic rings. The lowest BCUT2D eigenvalue weighted by Crippen LogP contribution is -2.41. The normalized spacial score (nSPS) is 21.3. The highest BCUT2D eigenvalue weighted by atomic mass is 16.2. The maximum atomic E-state index is 11.3. The number of nitrogens with two attached hydrogens (primary N) is 1. The molecule has 0 aromatic carbocycles. The van der Waals surface area contributed by atoms with Crippen LogP contribution >= 0.6 is 0 Å². The Morgan fingerprint density at radius 1 is 1.53 bits per heavy atom. The van der Waals surface area contributed by atoms with E-state index in [9.17, 15) is 4.79 Å². The van der Waals surface area contributed by atoms with E-state index in [1.807, 2.05) is 18.3 Å². The maximum absolute atomic E-state index is 11.3. The molecule has 0 saturated carbocycles. The average Bonchev–Trinajstić information content (AvgIpc) is 2.30. The van der Waals surface area contributed by atoms with Gasteiger partial charge in [-0.2, -0.15) is 0 Å². The van der Waals surface area contributed by atoms with Crippen LogP contribution in [-0.2, 0) is 0 Å². The molecule has 4 heteroatoms. The molecule has 1 atom stereocenters. The van der Waals surface area contributed by atoms with Crippen LogP contribution in [-0.4, -0.2) is 22.5 Å². The number of nitrogens with zero attached hydrogens (tertiary/aromatic N) is 2. The Labute approximate surface area is 89.1 Å². The second kappa shape index (κ2) is 4.29. The van der Waals surface area contributed by atoms with Crippen LogP contribution in [0.4, 0.5) is 4.79 Å². The average molecular weight is 205 g/mol. The molecular formula is C11H15N3O. The number of urea groups is 1. The summed E-state index contributed by atoms with van der Waals surface area (Å²) < 4.78 is 0. The molecule has 1 fully saturated rings. The van der Waals surface area contributed by atoms with Crippen LogP contribution < -0.4 is 5.73 Å². The molecule has 1 aliphatic rings. The third-order valence-electron chi connectivity index (χ3n) is 2.86. The minimum atomic E-state index is -0.330. The lowest BCUT2D eigenvalue weighted by molar-refractivity contribution is 0.160. The Balaban J connectivity index is 2.22. The first-order valence-electron chi connectivity index (χ1n) is 5.25. The van der Waals surface area contributed by atoms with Crippen molar-refractivity contribution in [2.75, 3.05) is 6.54 Å². The summed E-state index contributed by atoms with van der Waals surface area (Å²) in [6.45, 7) is 0.759. The lowest BCUT2D eigenvalue weighted by atomic mass is 9.97. The molecule has 1 aliphatic heterocycles. The van der Waals surface area contributed by atoms with Gasteiger partial charge in [-0.1, -0.05) is 6.07 Å². The van der Waals surface area contributed by atoms with E-state index in [2.05, 4.69) is 4.98 Å². The van der Waals surface area contributed by atoms with Crippen molar-refractivity contribution < 1.29 is 4.79 Å². The minimum Gasteiger partial charge on any atom is -0.351 e. The van der Waals surface area contributed by atoms with Crippen LogP contribution in [0.15, 0.2) is 24.5 Å². The fourth-order valence-electron chi connectivity index (χ4n) is 2.11. The summed E-state index contributed by atoms with van der Waals surface area (Å²) in [7, 11) is 0. The Morgan fingerprint density at radius 2 is 2.40 bits per heavy atom. The molecule has 2 amide bonds. The van der Waals surface area contributed by atoms with Crippen molar-refractivity contribution in [3.63, 3.8) is 0 Å². The van der Waals surface area contributed by atoms with Gasteiger partial charge in [0.15, 0.2) is 0 Å². The van der Waals surface area contributed by atoms with Crippen molar-refractivity contribution in [1.29, 1.82) is 0 Å². The standard InChI is InChI=1S/C11H15N3O/c12-11(15)14-7-2-1-5-10(14)9-4-3-6-13-8-9/h3-4,6,8,10H,1-2,5,7H2,(H2,12,15). The Bertz CT molecular complexity index is 339. The van der Waals surface area contributed by atoms with Gasteiger partial charge in [-0.3, -0.25) is 4.98 Å². The molecule has 2 heterocycles. The predicted octanol–water partition coefficient (Wildman–Crippen LogP) is 1.69. The molecule has 1 saturated heterocycles. The van der Waals surface area contributed by atoms with Gasteiger partial charge in [-0.05, 0) is 30.9 Å². The molecule has 2 rings (SSSR count). The number of hydrogen-bond acceptors (Lipinski definition) is 2. The Morgan fingerprint density at radius 3 is 3.07 bits per heavy atom. The van der Waals surface area contributed by atoms with E-state index in [0.717, 1.165) is 31.4 Å². The lowest BCUT2D eigenvalue weighted by Gasteiger charge is -2.34. The fourth-order valence-corrected chi connectivity index (χ4v) is 2.11. The number of likely N-dealkylation sites (tertiary alicyclic amines) is 1. The quantitative estimate of drug-likeness (QED) is 0.758. The molecule has 0 radical (unpaired) electrons. The van der Waals surface area contributed by atoms with Gasteiger partial charge in [0.2, 0.25) is 0 Å². The van der Waals surface area contributed by atoms with Crippen LogP contribution in [0.25, 0.3) is 0 Å². The van der Waals surface area contributed by atoms with Crippen LogP contribution in [0.5, 0.6) is 0 Å². The molecular weight excluding hydrogens is 190 g/mol. The molecule has 15 heavy (non-hydrogen) atoms. The van der Waals surface area contributed by atoms with Crippen LogP contribution in [0.3, 0.4) is 0 Å². The van der Waals surface area contributed by atoms with Crippen LogP contribution in [0, 0.1) is 0 Å². The summed E-state index contributed by atoms with van der Waals surface area (Å²) in [4.78, 5) is 17.1. The second-order valence-corrected chi connectivity index (χ2v) is 3.83. The predicted molar refractivity (Wildman–Crippen MR) is 57.1 cm³/mol. The summed E-state index contributed by atoms with van der Waals surface area (Å²) in [6, 6.07) is 3.68. The van der Waals surface area contributed by atoms with E-state index in [1.165, 1.54) is 0 Å². The molecule has 4 nitrogen and oxygen atoms in total. The largest absolute Gasteiger partial charge is 0.351 e. The molecule has 1 unspecified atom stereocenters. The van der Waals surface area contributed by atoms with Crippen molar-refractivity contribution >= 4 is 6.03 Å². The topological polar surface area (TPSA) is 59.2 Å². The van der Waals surface area contributed by atoms with Crippen LogP contribution in [0.2, 0.25) is 0 Å². The van der Waals surface area contributed by atoms with Crippen molar-refractivity contribution in [1.82, 2.24) is 9.88 Å². The zero-order valence-corrected chi connectivity index (χ0v) is 8.60. The second-order valence-electron chi connectivity index (χ2n) is 3.83. The van der Waals surface area contributed by atoms with Gasteiger partial charge >= 0.3 is 6.03 Å². The van der Waals surface area contributed by atoms with Gasteiger partial charge in [0.05, 0.1) is 6.04 Å². The van der Waals surface area contributed by atoms with Crippen molar-refractivity contribution in [2.45, 2.75) is 25.3 Å². The van der Waals surface area contributed by atoms with E-state index in [0.29, 0.717) is 0 Å². The minimum absolute atomic E-state index is 0.116. The van der Waals surface area contributed by atoms with Gasteiger partial charge in [-0.15, -0.1) is 0 Å². The number of carbonyl (C=O) groups is 1. The number of pyridine rings is 1. The summed E-state index contributed by atoms with van der Waals surface area (Å²) in [6.07, 6.45) is 6.71. The third-order valence-corrected chi connectivity index (χ3v) is 2.86. The molecule has 0 spiro atoms. The van der Waals surface area contributed by atoms with Crippen LogP contribution in [0.1, 0.15) is 30.9 Å². The van der Waals surface area contributed by atoms with Gasteiger partial charge in [0.25, 0.3) is 0 Å². The first-order chi connectivity index (χ1) is 7.29. The molecule has 80 valence electrons. The molecule has 1 aromatic heterocycles. The van der Waals surface area contributed by atoms with Gasteiger partial charge in [-0.25, -0.2) is 4.79 Å². The first-order valence-corrected chi connectivity index (χ1v) is 5.25. The number of aromatic nitrogens is 1. The van der Waals surface area contributed by atoms with Gasteiger partial charge in [0, 0.05) is 18.9 Å². The SMILES string of the molecule is NC(=O)N1CCCCC1c1cccnc1. The van der Waals surface area contributed by atoms with Crippen molar-refractivity contribution in [3.8, 4) is 0 Å². The monoisotopic (exact) mass is 205 g/mol. The van der Waals surface area contributed by atoms with Crippen molar-refractivity contribution in [2.24, 2.45) is 5.73 Å². The van der Waals surface area contributed by atoms with Crippen molar-refractivity contribution in [3.05, 3.63) is 30.1 Å². The number of amides is 2. The Kier molecular flexibility index (Phi) is 2.85. The zero-order valence-electron chi connectivity index (χ0n) is 8.60. The van der Waals surface area contributed by atoms with E-state index in [1.54, 1.807) is 11.1 Å². The van der Waals surface area contributed by atoms with Gasteiger partial charge in [0.1, 0.15) is 0 Å². The molecule has 0 aliphatic carbocycles. The number of piperidine rings is 1. The summed E-state index contributed by atoms with van der Waals surface area (Å²) >= 11 is 0.